The maximum Gasteiger partial charge on any atom is 0.339 e. The number of sulfonamides is 1. The Hall–Kier alpha value is -1.67. The number of aromatic nitrogens is 1. The number of anilines is 1. The number of nitrogens with one attached hydrogen (secondary N) is 1. The SMILES string of the molecule is CC(C)Nc1ncc2c(c1C(=O)O)CCN(S(=O)(=O)C1CC1)C2. The molecule has 0 aromatic carbocycles. The predicted molar refractivity (Wildman–Crippen MR) is 86.0 cm³/mol. The molecule has 2 aliphatic rings. The highest BCUT2D eigenvalue weighted by molar-refractivity contribution is 7.90. The summed E-state index contributed by atoms with van der Waals surface area (Å²) in [6, 6.07) is 0.0639. The first-order chi connectivity index (χ1) is 10.8. The Balaban J connectivity index is 1.95. The molecule has 1 aromatic heterocycles. The number of pyridine rings is 1. The van der Waals surface area contributed by atoms with Gasteiger partial charge in [0.15, 0.2) is 0 Å². The van der Waals surface area contributed by atoms with Crippen molar-refractivity contribution in [3.8, 4) is 0 Å². The van der Waals surface area contributed by atoms with E-state index in [4.69, 9.17) is 0 Å². The number of nitrogens with zero attached hydrogens (tertiary/aromatic N) is 2. The quantitative estimate of drug-likeness (QED) is 0.842. The topological polar surface area (TPSA) is 99.6 Å². The number of rotatable bonds is 5. The first-order valence-corrected chi connectivity index (χ1v) is 9.30. The summed E-state index contributed by atoms with van der Waals surface area (Å²) in [5, 5.41) is 12.3. The van der Waals surface area contributed by atoms with Crippen molar-refractivity contribution in [1.29, 1.82) is 0 Å². The van der Waals surface area contributed by atoms with Crippen molar-refractivity contribution in [2.45, 2.75) is 50.9 Å². The Morgan fingerprint density at radius 1 is 1.43 bits per heavy atom. The highest BCUT2D eigenvalue weighted by Crippen LogP contribution is 2.35. The number of carboxylic acids is 1. The molecule has 1 fully saturated rings. The molecule has 0 unspecified atom stereocenters. The average Bonchev–Trinajstić information content (AvgIpc) is 3.30. The van der Waals surface area contributed by atoms with Crippen LogP contribution in [0.2, 0.25) is 0 Å². The van der Waals surface area contributed by atoms with Crippen LogP contribution in [0.1, 0.15) is 48.2 Å². The van der Waals surface area contributed by atoms with Crippen LogP contribution in [0.25, 0.3) is 0 Å². The van der Waals surface area contributed by atoms with Crippen molar-refractivity contribution in [3.63, 3.8) is 0 Å². The Morgan fingerprint density at radius 2 is 2.13 bits per heavy atom. The molecular weight excluding hydrogens is 318 g/mol. The summed E-state index contributed by atoms with van der Waals surface area (Å²) in [6.45, 7) is 4.37. The van der Waals surface area contributed by atoms with Crippen LogP contribution in [-0.2, 0) is 23.0 Å². The van der Waals surface area contributed by atoms with E-state index in [1.807, 2.05) is 13.8 Å². The van der Waals surface area contributed by atoms with Crippen molar-refractivity contribution in [1.82, 2.24) is 9.29 Å². The third kappa shape index (κ3) is 3.05. The van der Waals surface area contributed by atoms with E-state index in [9.17, 15) is 18.3 Å². The predicted octanol–water partition coefficient (Wildman–Crippen LogP) is 1.45. The molecule has 0 spiro atoms. The van der Waals surface area contributed by atoms with Crippen molar-refractivity contribution < 1.29 is 18.3 Å². The van der Waals surface area contributed by atoms with Crippen LogP contribution in [0.3, 0.4) is 0 Å². The fourth-order valence-corrected chi connectivity index (χ4v) is 4.74. The van der Waals surface area contributed by atoms with E-state index in [0.717, 1.165) is 12.8 Å². The molecule has 0 saturated heterocycles. The van der Waals surface area contributed by atoms with Gasteiger partial charge in [0.05, 0.1) is 5.25 Å². The fourth-order valence-electron chi connectivity index (χ4n) is 2.92. The lowest BCUT2D eigenvalue weighted by Gasteiger charge is -2.29. The Kier molecular flexibility index (Phi) is 4.05. The lowest BCUT2D eigenvalue weighted by molar-refractivity contribution is 0.0695. The van der Waals surface area contributed by atoms with Crippen LogP contribution >= 0.6 is 0 Å². The van der Waals surface area contributed by atoms with Gasteiger partial charge in [-0.05, 0) is 44.2 Å². The molecule has 7 nitrogen and oxygen atoms in total. The molecule has 1 aliphatic heterocycles. The zero-order chi connectivity index (χ0) is 16.8. The van der Waals surface area contributed by atoms with Crippen LogP contribution in [0, 0.1) is 0 Å². The average molecular weight is 339 g/mol. The molecule has 0 atom stereocenters. The van der Waals surface area contributed by atoms with Crippen LogP contribution < -0.4 is 5.32 Å². The summed E-state index contributed by atoms with van der Waals surface area (Å²) in [5.41, 5.74) is 1.55. The van der Waals surface area contributed by atoms with Gasteiger partial charge in [-0.3, -0.25) is 0 Å². The molecular formula is C15H21N3O4S. The Bertz CT molecular complexity index is 741. The smallest absolute Gasteiger partial charge is 0.339 e. The standard InChI is InChI=1S/C15H21N3O4S/c1-9(2)17-14-13(15(19)20)12-5-6-18(8-10(12)7-16-14)23(21,22)11-3-4-11/h7,9,11H,3-6,8H2,1-2H3,(H,16,17)(H,19,20). The zero-order valence-electron chi connectivity index (χ0n) is 13.2. The molecule has 0 radical (unpaired) electrons. The van der Waals surface area contributed by atoms with E-state index in [1.165, 1.54) is 4.31 Å². The van der Waals surface area contributed by atoms with Gasteiger partial charge in [-0.15, -0.1) is 0 Å². The lowest BCUT2D eigenvalue weighted by atomic mass is 9.97. The fraction of sp³-hybridized carbons (Fsp3) is 0.600. The molecule has 2 heterocycles. The number of carboxylic acid groups (broad SMARTS) is 1. The molecule has 0 amide bonds. The summed E-state index contributed by atoms with van der Waals surface area (Å²) in [7, 11) is -3.25. The Morgan fingerprint density at radius 3 is 2.70 bits per heavy atom. The van der Waals surface area contributed by atoms with Gasteiger partial charge in [0.1, 0.15) is 11.4 Å². The van der Waals surface area contributed by atoms with E-state index in [-0.39, 0.29) is 23.4 Å². The first kappa shape index (κ1) is 16.2. The highest BCUT2D eigenvalue weighted by atomic mass is 32.2. The van der Waals surface area contributed by atoms with E-state index in [2.05, 4.69) is 10.3 Å². The number of fused-ring (bicyclic) bond motifs is 1. The zero-order valence-corrected chi connectivity index (χ0v) is 14.1. The molecule has 1 aromatic rings. The van der Waals surface area contributed by atoms with E-state index < -0.39 is 16.0 Å². The molecule has 8 heteroatoms. The van der Waals surface area contributed by atoms with Crippen molar-refractivity contribution in [2.75, 3.05) is 11.9 Å². The van der Waals surface area contributed by atoms with Crippen molar-refractivity contribution >= 4 is 21.8 Å². The third-order valence-corrected chi connectivity index (χ3v) is 6.52. The highest BCUT2D eigenvalue weighted by Gasteiger charge is 2.41. The largest absolute Gasteiger partial charge is 0.478 e. The van der Waals surface area contributed by atoms with E-state index in [0.29, 0.717) is 29.9 Å². The number of hydrogen-bond donors (Lipinski definition) is 2. The second-order valence-corrected chi connectivity index (χ2v) is 8.63. The third-order valence-electron chi connectivity index (χ3n) is 4.18. The molecule has 1 saturated carbocycles. The van der Waals surface area contributed by atoms with Crippen LogP contribution in [-0.4, -0.2) is 46.6 Å². The van der Waals surface area contributed by atoms with Crippen LogP contribution in [0.4, 0.5) is 5.82 Å². The van der Waals surface area contributed by atoms with Gasteiger partial charge in [-0.2, -0.15) is 4.31 Å². The second kappa shape index (κ2) is 5.76. The number of aromatic carboxylic acids is 1. The summed E-state index contributed by atoms with van der Waals surface area (Å²) in [4.78, 5) is 15.9. The number of hydrogen-bond acceptors (Lipinski definition) is 5. The van der Waals surface area contributed by atoms with Gasteiger partial charge < -0.3 is 10.4 Å². The Labute approximate surface area is 135 Å². The summed E-state index contributed by atoms with van der Waals surface area (Å²) in [5.74, 6) is -0.680. The second-order valence-electron chi connectivity index (χ2n) is 6.42. The van der Waals surface area contributed by atoms with Crippen molar-refractivity contribution in [2.24, 2.45) is 0 Å². The van der Waals surface area contributed by atoms with E-state index >= 15 is 0 Å². The van der Waals surface area contributed by atoms with Gasteiger partial charge in [-0.1, -0.05) is 0 Å². The number of carbonyl (C=O) groups is 1. The molecule has 23 heavy (non-hydrogen) atoms. The maximum atomic E-state index is 12.4. The van der Waals surface area contributed by atoms with Gasteiger partial charge >= 0.3 is 5.97 Å². The summed E-state index contributed by atoms with van der Waals surface area (Å²) >= 11 is 0. The van der Waals surface area contributed by atoms with Crippen LogP contribution in [0.15, 0.2) is 6.20 Å². The normalized spacial score (nSPS) is 18.7. The first-order valence-electron chi connectivity index (χ1n) is 7.80. The van der Waals surface area contributed by atoms with Gasteiger partial charge in [-0.25, -0.2) is 18.2 Å². The lowest BCUT2D eigenvalue weighted by Crippen LogP contribution is -2.38. The molecule has 1 aliphatic carbocycles. The van der Waals surface area contributed by atoms with Gasteiger partial charge in [0.2, 0.25) is 10.0 Å². The molecule has 126 valence electrons. The van der Waals surface area contributed by atoms with Gasteiger partial charge in [0.25, 0.3) is 0 Å². The van der Waals surface area contributed by atoms with Gasteiger partial charge in [0, 0.05) is 25.3 Å². The molecule has 3 rings (SSSR count). The molecule has 2 N–H and O–H groups in total. The minimum absolute atomic E-state index is 0.0639. The maximum absolute atomic E-state index is 12.4. The summed E-state index contributed by atoms with van der Waals surface area (Å²) in [6.07, 6.45) is 3.45. The minimum atomic E-state index is -3.25. The summed E-state index contributed by atoms with van der Waals surface area (Å²) < 4.78 is 26.2. The minimum Gasteiger partial charge on any atom is -0.478 e. The molecule has 0 bridgehead atoms. The van der Waals surface area contributed by atoms with Crippen LogP contribution in [0.5, 0.6) is 0 Å². The van der Waals surface area contributed by atoms with E-state index in [1.54, 1.807) is 6.20 Å². The monoisotopic (exact) mass is 339 g/mol. The van der Waals surface area contributed by atoms with Crippen molar-refractivity contribution in [3.05, 3.63) is 22.9 Å².